The molecule has 1 N–H and O–H groups in total. The van der Waals surface area contributed by atoms with E-state index in [9.17, 15) is 4.39 Å². The van der Waals surface area contributed by atoms with Crippen LogP contribution in [0.4, 0.5) is 4.39 Å². The van der Waals surface area contributed by atoms with E-state index < -0.39 is 0 Å². The van der Waals surface area contributed by atoms with Crippen molar-refractivity contribution in [3.63, 3.8) is 0 Å². The highest BCUT2D eigenvalue weighted by atomic mass is 32.1. The molecule has 4 rings (SSSR count). The maximum atomic E-state index is 13.9. The summed E-state index contributed by atoms with van der Waals surface area (Å²) in [5.41, 5.74) is 5.09. The van der Waals surface area contributed by atoms with Gasteiger partial charge in [0, 0.05) is 29.3 Å². The largest absolute Gasteiger partial charge is 0.352 e. The average Bonchev–Trinajstić information content (AvgIpc) is 3.18. The maximum Gasteiger partial charge on any atom is 0.170 e. The van der Waals surface area contributed by atoms with Crippen molar-refractivity contribution in [1.82, 2.24) is 19.8 Å². The Kier molecular flexibility index (Phi) is 5.13. The number of nitrogens with zero attached hydrogens (tertiary/aromatic N) is 3. The van der Waals surface area contributed by atoms with Crippen LogP contribution in [0.3, 0.4) is 0 Å². The maximum absolute atomic E-state index is 13.9. The topological polar surface area (TPSA) is 33.1 Å². The van der Waals surface area contributed by atoms with Gasteiger partial charge in [0.2, 0.25) is 0 Å². The van der Waals surface area contributed by atoms with Gasteiger partial charge in [-0.15, -0.1) is 0 Å². The van der Waals surface area contributed by atoms with Crippen LogP contribution >= 0.6 is 12.2 Å². The number of nitrogens with one attached hydrogen (secondary N) is 1. The van der Waals surface area contributed by atoms with Crippen LogP contribution in [0.5, 0.6) is 0 Å². The van der Waals surface area contributed by atoms with Gasteiger partial charge in [0.25, 0.3) is 0 Å². The summed E-state index contributed by atoms with van der Waals surface area (Å²) < 4.78 is 16.0. The van der Waals surface area contributed by atoms with Crippen molar-refractivity contribution in [3.8, 4) is 5.69 Å². The fourth-order valence-corrected chi connectivity index (χ4v) is 4.81. The van der Waals surface area contributed by atoms with Crippen molar-refractivity contribution >= 4 is 17.3 Å². The van der Waals surface area contributed by atoms with Gasteiger partial charge in [0.05, 0.1) is 17.8 Å². The highest BCUT2D eigenvalue weighted by Crippen LogP contribution is 2.42. The summed E-state index contributed by atoms with van der Waals surface area (Å²) in [6, 6.07) is 15.0. The summed E-state index contributed by atoms with van der Waals surface area (Å²) in [4.78, 5) is 6.83. The Morgan fingerprint density at radius 3 is 2.55 bits per heavy atom. The molecule has 2 atom stereocenters. The molecule has 0 amide bonds. The van der Waals surface area contributed by atoms with E-state index in [1.807, 2.05) is 30.5 Å². The fourth-order valence-electron chi connectivity index (χ4n) is 4.35. The van der Waals surface area contributed by atoms with Gasteiger partial charge in [0.1, 0.15) is 5.82 Å². The fraction of sp³-hybridized carbons (Fsp3) is 0.304. The van der Waals surface area contributed by atoms with Crippen LogP contribution in [0.1, 0.15) is 48.6 Å². The van der Waals surface area contributed by atoms with E-state index in [1.54, 1.807) is 12.1 Å². The van der Waals surface area contributed by atoms with Crippen LogP contribution < -0.4 is 5.32 Å². The molecule has 3 aromatic rings. The lowest BCUT2D eigenvalue weighted by atomic mass is 9.96. The van der Waals surface area contributed by atoms with E-state index in [4.69, 9.17) is 12.2 Å². The molecule has 0 unspecified atom stereocenters. The van der Waals surface area contributed by atoms with Crippen LogP contribution in [0.15, 0.2) is 54.7 Å². The molecule has 29 heavy (non-hydrogen) atoms. The van der Waals surface area contributed by atoms with Gasteiger partial charge >= 0.3 is 0 Å². The van der Waals surface area contributed by atoms with E-state index in [0.29, 0.717) is 0 Å². The van der Waals surface area contributed by atoms with Gasteiger partial charge in [-0.1, -0.05) is 12.1 Å². The number of pyridine rings is 1. The second-order valence-corrected chi connectivity index (χ2v) is 8.16. The molecule has 1 fully saturated rings. The van der Waals surface area contributed by atoms with E-state index in [-0.39, 0.29) is 23.9 Å². The number of aryl methyl sites for hydroxylation is 1. The monoisotopic (exact) mass is 408 g/mol. The van der Waals surface area contributed by atoms with Crippen molar-refractivity contribution in [2.75, 3.05) is 0 Å². The first-order chi connectivity index (χ1) is 13.9. The molecule has 150 valence electrons. The van der Waals surface area contributed by atoms with E-state index in [1.165, 1.54) is 11.6 Å². The first kappa shape index (κ1) is 19.6. The zero-order chi connectivity index (χ0) is 20.7. The molecule has 6 heteroatoms. The van der Waals surface area contributed by atoms with Crippen LogP contribution in [0.2, 0.25) is 0 Å². The van der Waals surface area contributed by atoms with Gasteiger partial charge in [-0.2, -0.15) is 0 Å². The average molecular weight is 409 g/mol. The number of hydrogen-bond donors (Lipinski definition) is 1. The third kappa shape index (κ3) is 3.42. The highest BCUT2D eigenvalue weighted by molar-refractivity contribution is 7.80. The van der Waals surface area contributed by atoms with Crippen molar-refractivity contribution < 1.29 is 4.39 Å². The first-order valence-electron chi connectivity index (χ1n) is 9.83. The Balaban J connectivity index is 1.86. The number of halogens is 1. The third-order valence-electron chi connectivity index (χ3n) is 5.55. The zero-order valence-electron chi connectivity index (χ0n) is 17.1. The summed E-state index contributed by atoms with van der Waals surface area (Å²) in [5.74, 6) is -0.240. The van der Waals surface area contributed by atoms with Crippen LogP contribution in [-0.2, 0) is 0 Å². The number of benzene rings is 1. The van der Waals surface area contributed by atoms with Gasteiger partial charge < -0.3 is 14.8 Å². The molecule has 1 aliphatic rings. The van der Waals surface area contributed by atoms with E-state index in [2.05, 4.69) is 53.5 Å². The normalized spacial score (nSPS) is 19.1. The molecule has 1 saturated heterocycles. The molecular formula is C23H25FN4S. The van der Waals surface area contributed by atoms with Gasteiger partial charge in [0.15, 0.2) is 5.11 Å². The molecule has 4 nitrogen and oxygen atoms in total. The number of thiocarbonyl (C=S) groups is 1. The SMILES string of the molecule is Cc1cc([C@@H]2[C@H](c3ccccn3)NC(=S)N2C(C)C)c(C)n1-c1cccc(F)c1. The highest BCUT2D eigenvalue weighted by Gasteiger charge is 2.42. The van der Waals surface area contributed by atoms with Crippen LogP contribution in [0.25, 0.3) is 5.69 Å². The van der Waals surface area contributed by atoms with Crippen LogP contribution in [0, 0.1) is 19.7 Å². The minimum atomic E-state index is -0.240. The van der Waals surface area contributed by atoms with Gasteiger partial charge in [-0.05, 0) is 81.9 Å². The lowest BCUT2D eigenvalue weighted by Crippen LogP contribution is -2.35. The molecule has 1 aromatic carbocycles. The smallest absolute Gasteiger partial charge is 0.170 e. The van der Waals surface area contributed by atoms with Gasteiger partial charge in [-0.3, -0.25) is 4.98 Å². The molecule has 2 aromatic heterocycles. The minimum Gasteiger partial charge on any atom is -0.352 e. The van der Waals surface area contributed by atoms with E-state index >= 15 is 0 Å². The van der Waals surface area contributed by atoms with Crippen molar-refractivity contribution in [3.05, 3.63) is 83.2 Å². The summed E-state index contributed by atoms with van der Waals surface area (Å²) in [6.07, 6.45) is 1.81. The standard InChI is InChI=1S/C23H25FN4S/c1-14(2)27-22(21(26-23(27)29)20-10-5-6-11-25-20)19-12-15(3)28(16(19)4)18-9-7-8-17(24)13-18/h5-14,21-22H,1-4H3,(H,26,29)/t21-,22+/m0/s1. The second-order valence-electron chi connectivity index (χ2n) is 7.77. The van der Waals surface area contributed by atoms with Crippen LogP contribution in [-0.4, -0.2) is 25.6 Å². The molecule has 0 spiro atoms. The molecular weight excluding hydrogens is 383 g/mol. The quantitative estimate of drug-likeness (QED) is 0.615. The summed E-state index contributed by atoms with van der Waals surface area (Å²) in [6.45, 7) is 8.43. The Labute approximate surface area is 176 Å². The second kappa shape index (κ2) is 7.59. The Morgan fingerprint density at radius 2 is 1.90 bits per heavy atom. The van der Waals surface area contributed by atoms with Crippen molar-refractivity contribution in [2.24, 2.45) is 0 Å². The Morgan fingerprint density at radius 1 is 1.10 bits per heavy atom. The Hall–Kier alpha value is -2.73. The lowest BCUT2D eigenvalue weighted by Gasteiger charge is -2.31. The molecule has 0 saturated carbocycles. The van der Waals surface area contributed by atoms with Crippen molar-refractivity contribution in [1.29, 1.82) is 0 Å². The summed E-state index contributed by atoms with van der Waals surface area (Å²) in [5, 5.41) is 4.21. The van der Waals surface area contributed by atoms with Crippen molar-refractivity contribution in [2.45, 2.75) is 45.8 Å². The summed E-state index contributed by atoms with van der Waals surface area (Å²) in [7, 11) is 0. The molecule has 1 aliphatic heterocycles. The zero-order valence-corrected chi connectivity index (χ0v) is 17.9. The summed E-state index contributed by atoms with van der Waals surface area (Å²) >= 11 is 5.69. The number of aromatic nitrogens is 2. The molecule has 3 heterocycles. The lowest BCUT2D eigenvalue weighted by molar-refractivity contribution is 0.269. The first-order valence-corrected chi connectivity index (χ1v) is 10.2. The number of hydrogen-bond acceptors (Lipinski definition) is 2. The minimum absolute atomic E-state index is 0.00547. The number of rotatable bonds is 4. The van der Waals surface area contributed by atoms with Gasteiger partial charge in [-0.25, -0.2) is 4.39 Å². The molecule has 0 bridgehead atoms. The molecule has 0 radical (unpaired) electrons. The molecule has 0 aliphatic carbocycles. The van der Waals surface area contributed by atoms with E-state index in [0.717, 1.165) is 27.9 Å². The third-order valence-corrected chi connectivity index (χ3v) is 5.88. The predicted octanol–water partition coefficient (Wildman–Crippen LogP) is 5.01. The Bertz CT molecular complexity index is 1040. The predicted molar refractivity (Wildman–Crippen MR) is 118 cm³/mol.